The van der Waals surface area contributed by atoms with Crippen LogP contribution in [0.1, 0.15) is 18.9 Å². The highest BCUT2D eigenvalue weighted by Crippen LogP contribution is 2.39. The van der Waals surface area contributed by atoms with Crippen LogP contribution in [0.2, 0.25) is 5.02 Å². The maximum atomic E-state index is 9.31. The van der Waals surface area contributed by atoms with Gasteiger partial charge in [0.25, 0.3) is 0 Å². The van der Waals surface area contributed by atoms with E-state index in [1.54, 1.807) is 24.4 Å². The first kappa shape index (κ1) is 9.73. The highest BCUT2D eigenvalue weighted by Gasteiger charge is 2.26. The van der Waals surface area contributed by atoms with E-state index in [2.05, 4.69) is 9.55 Å². The quantitative estimate of drug-likeness (QED) is 0.866. The van der Waals surface area contributed by atoms with Crippen molar-refractivity contribution in [1.82, 2.24) is 9.55 Å². The second-order valence-corrected chi connectivity index (χ2v) is 4.46. The fourth-order valence-electron chi connectivity index (χ4n) is 1.85. The molecule has 0 amide bonds. The summed E-state index contributed by atoms with van der Waals surface area (Å²) in [5.74, 6) is 1.06. The molecule has 4 heteroatoms. The van der Waals surface area contributed by atoms with Gasteiger partial charge in [-0.15, -0.1) is 0 Å². The number of rotatable bonds is 2. The molecule has 2 aromatic rings. The SMILES string of the molecule is Oc1ccc(-c2nccn2C2CC2)c(Cl)c1. The number of benzene rings is 1. The number of aromatic nitrogens is 2. The zero-order chi connectivity index (χ0) is 11.1. The first-order chi connectivity index (χ1) is 7.75. The fraction of sp³-hybridized carbons (Fsp3) is 0.250. The van der Waals surface area contributed by atoms with Crippen molar-refractivity contribution in [3.05, 3.63) is 35.6 Å². The van der Waals surface area contributed by atoms with Gasteiger partial charge in [-0.3, -0.25) is 0 Å². The molecule has 0 atom stereocenters. The Labute approximate surface area is 98.3 Å². The molecule has 0 radical (unpaired) electrons. The van der Waals surface area contributed by atoms with E-state index in [-0.39, 0.29) is 5.75 Å². The normalized spacial score (nSPS) is 15.3. The first-order valence-electron chi connectivity index (χ1n) is 5.27. The second kappa shape index (κ2) is 3.52. The van der Waals surface area contributed by atoms with Crippen molar-refractivity contribution in [2.24, 2.45) is 0 Å². The number of halogens is 1. The Bertz CT molecular complexity index is 532. The number of imidazole rings is 1. The summed E-state index contributed by atoms with van der Waals surface area (Å²) in [6.45, 7) is 0. The van der Waals surface area contributed by atoms with Crippen molar-refractivity contribution >= 4 is 11.6 Å². The van der Waals surface area contributed by atoms with Crippen LogP contribution in [0.4, 0.5) is 0 Å². The zero-order valence-corrected chi connectivity index (χ0v) is 9.35. The number of aromatic hydroxyl groups is 1. The summed E-state index contributed by atoms with van der Waals surface area (Å²) in [6, 6.07) is 5.55. The number of phenolic OH excluding ortho intramolecular Hbond substituents is 1. The number of nitrogens with zero attached hydrogens (tertiary/aromatic N) is 2. The lowest BCUT2D eigenvalue weighted by molar-refractivity contribution is 0.475. The van der Waals surface area contributed by atoms with Crippen LogP contribution in [-0.2, 0) is 0 Å². The molecule has 0 bridgehead atoms. The number of hydrogen-bond donors (Lipinski definition) is 1. The molecule has 0 unspecified atom stereocenters. The van der Waals surface area contributed by atoms with Gasteiger partial charge in [0.05, 0.1) is 5.02 Å². The van der Waals surface area contributed by atoms with Crippen molar-refractivity contribution in [3.63, 3.8) is 0 Å². The topological polar surface area (TPSA) is 38.1 Å². The van der Waals surface area contributed by atoms with Gasteiger partial charge in [0.2, 0.25) is 0 Å². The monoisotopic (exact) mass is 234 g/mol. The largest absolute Gasteiger partial charge is 0.508 e. The van der Waals surface area contributed by atoms with Gasteiger partial charge in [0.15, 0.2) is 0 Å². The van der Waals surface area contributed by atoms with Gasteiger partial charge >= 0.3 is 0 Å². The van der Waals surface area contributed by atoms with Crippen LogP contribution >= 0.6 is 11.6 Å². The van der Waals surface area contributed by atoms with E-state index in [0.717, 1.165) is 11.4 Å². The summed E-state index contributed by atoms with van der Waals surface area (Å²) >= 11 is 6.10. The Hall–Kier alpha value is -1.48. The maximum absolute atomic E-state index is 9.31. The Morgan fingerprint density at radius 2 is 2.19 bits per heavy atom. The van der Waals surface area contributed by atoms with Crippen LogP contribution in [0.25, 0.3) is 11.4 Å². The summed E-state index contributed by atoms with van der Waals surface area (Å²) in [7, 11) is 0. The van der Waals surface area contributed by atoms with Crippen molar-refractivity contribution in [2.75, 3.05) is 0 Å². The van der Waals surface area contributed by atoms with E-state index >= 15 is 0 Å². The molecule has 1 saturated carbocycles. The van der Waals surface area contributed by atoms with Crippen LogP contribution < -0.4 is 0 Å². The molecule has 3 rings (SSSR count). The summed E-state index contributed by atoms with van der Waals surface area (Å²) in [6.07, 6.45) is 6.19. The lowest BCUT2D eigenvalue weighted by Gasteiger charge is -2.07. The third-order valence-corrected chi connectivity index (χ3v) is 3.12. The molecule has 1 heterocycles. The zero-order valence-electron chi connectivity index (χ0n) is 8.60. The smallest absolute Gasteiger partial charge is 0.141 e. The third-order valence-electron chi connectivity index (χ3n) is 2.80. The van der Waals surface area contributed by atoms with Crippen LogP contribution in [0.3, 0.4) is 0 Å². The third kappa shape index (κ3) is 1.57. The molecule has 0 spiro atoms. The predicted octanol–water partition coefficient (Wildman–Crippen LogP) is 3.24. The molecule has 1 aliphatic carbocycles. The van der Waals surface area contributed by atoms with E-state index in [0.29, 0.717) is 11.1 Å². The summed E-state index contributed by atoms with van der Waals surface area (Å²) in [4.78, 5) is 4.34. The molecule has 1 aromatic carbocycles. The Balaban J connectivity index is 2.10. The highest BCUT2D eigenvalue weighted by molar-refractivity contribution is 6.33. The van der Waals surface area contributed by atoms with E-state index < -0.39 is 0 Å². The van der Waals surface area contributed by atoms with E-state index in [1.807, 2.05) is 6.20 Å². The maximum Gasteiger partial charge on any atom is 0.141 e. The minimum Gasteiger partial charge on any atom is -0.508 e. The van der Waals surface area contributed by atoms with Gasteiger partial charge in [-0.2, -0.15) is 0 Å². The Morgan fingerprint density at radius 1 is 1.38 bits per heavy atom. The highest BCUT2D eigenvalue weighted by atomic mass is 35.5. The van der Waals surface area contributed by atoms with Crippen molar-refractivity contribution in [3.8, 4) is 17.1 Å². The average molecular weight is 235 g/mol. The molecule has 3 nitrogen and oxygen atoms in total. The lowest BCUT2D eigenvalue weighted by Crippen LogP contribution is -1.96. The molecule has 16 heavy (non-hydrogen) atoms. The van der Waals surface area contributed by atoms with Gasteiger partial charge in [-0.25, -0.2) is 4.98 Å². The first-order valence-corrected chi connectivity index (χ1v) is 5.65. The molecule has 1 aliphatic rings. The number of hydrogen-bond acceptors (Lipinski definition) is 2. The predicted molar refractivity (Wildman–Crippen MR) is 62.6 cm³/mol. The molecule has 82 valence electrons. The molecule has 0 saturated heterocycles. The average Bonchev–Trinajstić information content (AvgIpc) is 2.98. The van der Waals surface area contributed by atoms with E-state index in [4.69, 9.17) is 11.6 Å². The number of phenols is 1. The van der Waals surface area contributed by atoms with Crippen LogP contribution in [0, 0.1) is 0 Å². The van der Waals surface area contributed by atoms with Gasteiger partial charge in [-0.1, -0.05) is 11.6 Å². The fourth-order valence-corrected chi connectivity index (χ4v) is 2.11. The molecule has 1 fully saturated rings. The Morgan fingerprint density at radius 3 is 2.88 bits per heavy atom. The van der Waals surface area contributed by atoms with Gasteiger partial charge in [0.1, 0.15) is 11.6 Å². The molecular formula is C12H11ClN2O. The summed E-state index contributed by atoms with van der Waals surface area (Å²) in [5.41, 5.74) is 0.872. The molecular weight excluding hydrogens is 224 g/mol. The van der Waals surface area contributed by atoms with Crippen LogP contribution in [0.5, 0.6) is 5.75 Å². The van der Waals surface area contributed by atoms with Crippen molar-refractivity contribution < 1.29 is 5.11 Å². The van der Waals surface area contributed by atoms with E-state index in [9.17, 15) is 5.11 Å². The van der Waals surface area contributed by atoms with Crippen LogP contribution in [0.15, 0.2) is 30.6 Å². The standard InChI is InChI=1S/C12H11ClN2O/c13-11-7-9(16)3-4-10(11)12-14-5-6-15(12)8-1-2-8/h3-8,16H,1-2H2. The second-order valence-electron chi connectivity index (χ2n) is 4.05. The molecule has 0 aliphatic heterocycles. The van der Waals surface area contributed by atoms with Crippen LogP contribution in [-0.4, -0.2) is 14.7 Å². The summed E-state index contributed by atoms with van der Waals surface area (Å²) in [5, 5.41) is 9.85. The van der Waals surface area contributed by atoms with Gasteiger partial charge in [0, 0.05) is 24.0 Å². The van der Waals surface area contributed by atoms with E-state index in [1.165, 1.54) is 12.8 Å². The van der Waals surface area contributed by atoms with Gasteiger partial charge in [-0.05, 0) is 31.0 Å². The lowest BCUT2D eigenvalue weighted by atomic mass is 10.2. The van der Waals surface area contributed by atoms with Gasteiger partial charge < -0.3 is 9.67 Å². The molecule has 1 aromatic heterocycles. The molecule has 1 N–H and O–H groups in total. The minimum atomic E-state index is 0.179. The Kier molecular flexibility index (Phi) is 2.14. The van der Waals surface area contributed by atoms with Crippen molar-refractivity contribution in [2.45, 2.75) is 18.9 Å². The summed E-state index contributed by atoms with van der Waals surface area (Å²) < 4.78 is 2.15. The van der Waals surface area contributed by atoms with Crippen molar-refractivity contribution in [1.29, 1.82) is 0 Å². The minimum absolute atomic E-state index is 0.179.